The Bertz CT molecular complexity index is 483. The van der Waals surface area contributed by atoms with Gasteiger partial charge in [0, 0.05) is 19.1 Å². The van der Waals surface area contributed by atoms with Crippen LogP contribution in [0.2, 0.25) is 0 Å². The lowest BCUT2D eigenvalue weighted by Crippen LogP contribution is -2.49. The molecule has 11 heteroatoms. The maximum atomic E-state index is 11.8. The van der Waals surface area contributed by atoms with E-state index in [1.165, 1.54) is 6.92 Å². The van der Waals surface area contributed by atoms with Crippen molar-refractivity contribution in [1.29, 1.82) is 0 Å². The number of amides is 2. The topological polar surface area (TPSA) is 176 Å². The molecule has 0 aromatic heterocycles. The third-order valence-corrected chi connectivity index (χ3v) is 3.42. The van der Waals surface area contributed by atoms with E-state index in [0.29, 0.717) is 0 Å². The molecule has 0 aromatic carbocycles. The molecule has 0 radical (unpaired) electrons. The number of nitrogens with one attached hydrogen (secondary N) is 2. The average molecular weight is 349 g/mol. The van der Waals surface area contributed by atoms with Crippen LogP contribution in [0.4, 0.5) is 0 Å². The summed E-state index contributed by atoms with van der Waals surface area (Å²) in [6, 6.07) is -2.32. The number of hydrogen-bond donors (Lipinski definition) is 5. The normalized spacial score (nSPS) is 12.8. The fourth-order valence-electron chi connectivity index (χ4n) is 1.35. The van der Waals surface area contributed by atoms with Gasteiger partial charge in [-0.25, -0.2) is 0 Å². The van der Waals surface area contributed by atoms with Crippen LogP contribution in [0.3, 0.4) is 0 Å². The van der Waals surface area contributed by atoms with Gasteiger partial charge in [-0.3, -0.25) is 24.0 Å². The molecule has 0 rings (SSSR count). The highest BCUT2D eigenvalue weighted by Gasteiger charge is 2.23. The summed E-state index contributed by atoms with van der Waals surface area (Å²) < 4.78 is 0. The van der Waals surface area contributed by atoms with Gasteiger partial charge >= 0.3 is 11.9 Å². The summed E-state index contributed by atoms with van der Waals surface area (Å²) in [5.74, 6) is -3.95. The third-order valence-electron chi connectivity index (χ3n) is 2.52. The van der Waals surface area contributed by atoms with E-state index in [-0.39, 0.29) is 23.7 Å². The first kappa shape index (κ1) is 20.9. The standard InChI is InChI=1S/C12H19N3O7S/c1-6(16)23-5-8(11(20)14-4-10(18)19)15-9(17)3-2-7(13)12(21)22/h7-8H,2-5,13H2,1H3,(H,14,20)(H,15,17)(H,18,19)(H,21,22)/t7-,8+/m0/s1. The van der Waals surface area contributed by atoms with Crippen LogP contribution in [0.5, 0.6) is 0 Å². The summed E-state index contributed by atoms with van der Waals surface area (Å²) in [5.41, 5.74) is 5.26. The SMILES string of the molecule is CC(=O)SC[C@@H](NC(=O)CC[C@H](N)C(=O)O)C(=O)NCC(=O)O. The van der Waals surface area contributed by atoms with Crippen molar-refractivity contribution in [1.82, 2.24) is 10.6 Å². The molecule has 0 saturated heterocycles. The lowest BCUT2D eigenvalue weighted by atomic mass is 10.1. The zero-order valence-electron chi connectivity index (χ0n) is 12.4. The quantitative estimate of drug-likeness (QED) is 0.303. The van der Waals surface area contributed by atoms with Gasteiger partial charge in [-0.05, 0) is 6.42 Å². The predicted octanol–water partition coefficient (Wildman–Crippen LogP) is -1.86. The minimum absolute atomic E-state index is 0.0719. The van der Waals surface area contributed by atoms with Crippen LogP contribution in [0.1, 0.15) is 19.8 Å². The number of carboxylic acids is 2. The highest BCUT2D eigenvalue weighted by atomic mass is 32.2. The van der Waals surface area contributed by atoms with Gasteiger partial charge < -0.3 is 26.6 Å². The second-order valence-electron chi connectivity index (χ2n) is 4.52. The molecule has 10 nitrogen and oxygen atoms in total. The molecule has 0 saturated carbocycles. The zero-order chi connectivity index (χ0) is 18.0. The number of nitrogens with two attached hydrogens (primary N) is 1. The van der Waals surface area contributed by atoms with Crippen molar-refractivity contribution >= 4 is 40.6 Å². The second kappa shape index (κ2) is 10.6. The van der Waals surface area contributed by atoms with Crippen molar-refractivity contribution in [3.63, 3.8) is 0 Å². The molecule has 6 N–H and O–H groups in total. The van der Waals surface area contributed by atoms with E-state index in [0.717, 1.165) is 11.8 Å². The number of carboxylic acid groups (broad SMARTS) is 2. The van der Waals surface area contributed by atoms with Gasteiger partial charge in [0.15, 0.2) is 5.12 Å². The Hall–Kier alpha value is -2.14. The van der Waals surface area contributed by atoms with Crippen LogP contribution in [-0.4, -0.2) is 63.5 Å². The van der Waals surface area contributed by atoms with Gasteiger partial charge in [-0.15, -0.1) is 0 Å². The highest BCUT2D eigenvalue weighted by Crippen LogP contribution is 2.05. The number of thioether (sulfide) groups is 1. The fraction of sp³-hybridized carbons (Fsp3) is 0.583. The predicted molar refractivity (Wildman–Crippen MR) is 80.6 cm³/mol. The first-order valence-corrected chi connectivity index (χ1v) is 7.52. The summed E-state index contributed by atoms with van der Waals surface area (Å²) in [6.07, 6.45) is -0.342. The molecule has 0 aliphatic carbocycles. The Morgan fingerprint density at radius 3 is 2.26 bits per heavy atom. The van der Waals surface area contributed by atoms with E-state index in [9.17, 15) is 24.0 Å². The minimum atomic E-state index is -1.25. The molecular formula is C12H19N3O7S. The minimum Gasteiger partial charge on any atom is -0.480 e. The van der Waals surface area contributed by atoms with Crippen LogP contribution < -0.4 is 16.4 Å². The maximum Gasteiger partial charge on any atom is 0.322 e. The molecule has 2 atom stereocenters. The molecule has 130 valence electrons. The summed E-state index contributed by atoms with van der Waals surface area (Å²) in [5, 5.41) is 21.3. The molecule has 0 fully saturated rings. The van der Waals surface area contributed by atoms with E-state index < -0.39 is 42.4 Å². The van der Waals surface area contributed by atoms with Gasteiger partial charge in [0.1, 0.15) is 18.6 Å². The van der Waals surface area contributed by atoms with E-state index in [2.05, 4.69) is 10.6 Å². The van der Waals surface area contributed by atoms with Crippen LogP contribution >= 0.6 is 11.8 Å². The van der Waals surface area contributed by atoms with Gasteiger partial charge in [0.25, 0.3) is 0 Å². The van der Waals surface area contributed by atoms with Crippen molar-refractivity contribution in [2.45, 2.75) is 31.8 Å². The smallest absolute Gasteiger partial charge is 0.322 e. The molecule has 0 aromatic rings. The number of rotatable bonds is 10. The Balaban J connectivity index is 4.57. The summed E-state index contributed by atoms with van der Waals surface area (Å²) in [6.45, 7) is 0.657. The first-order chi connectivity index (χ1) is 10.6. The van der Waals surface area contributed by atoms with Crippen molar-refractivity contribution < 1.29 is 34.2 Å². The second-order valence-corrected chi connectivity index (χ2v) is 5.71. The molecule has 0 unspecified atom stereocenters. The van der Waals surface area contributed by atoms with E-state index >= 15 is 0 Å². The highest BCUT2D eigenvalue weighted by molar-refractivity contribution is 8.13. The van der Waals surface area contributed by atoms with Crippen LogP contribution in [0.25, 0.3) is 0 Å². The summed E-state index contributed by atoms with van der Waals surface area (Å²) in [7, 11) is 0. The molecular weight excluding hydrogens is 330 g/mol. The lowest BCUT2D eigenvalue weighted by molar-refractivity contribution is -0.139. The van der Waals surface area contributed by atoms with Crippen molar-refractivity contribution in [2.75, 3.05) is 12.3 Å². The van der Waals surface area contributed by atoms with E-state index in [1.807, 2.05) is 0 Å². The van der Waals surface area contributed by atoms with Gasteiger partial charge in [0.05, 0.1) is 0 Å². The molecule has 0 heterocycles. The van der Waals surface area contributed by atoms with Crippen LogP contribution in [-0.2, 0) is 24.0 Å². The largest absolute Gasteiger partial charge is 0.480 e. The molecule has 0 spiro atoms. The van der Waals surface area contributed by atoms with Gasteiger partial charge in [0.2, 0.25) is 11.8 Å². The summed E-state index contributed by atoms with van der Waals surface area (Å²) >= 11 is 0.793. The first-order valence-electron chi connectivity index (χ1n) is 6.54. The fourth-order valence-corrected chi connectivity index (χ4v) is 1.98. The van der Waals surface area contributed by atoms with Crippen LogP contribution in [0, 0.1) is 0 Å². The van der Waals surface area contributed by atoms with Crippen molar-refractivity contribution in [2.24, 2.45) is 5.73 Å². The van der Waals surface area contributed by atoms with Crippen molar-refractivity contribution in [3.8, 4) is 0 Å². The molecule has 23 heavy (non-hydrogen) atoms. The molecule has 0 bridgehead atoms. The number of carbonyl (C=O) groups is 5. The van der Waals surface area contributed by atoms with Gasteiger partial charge in [-0.2, -0.15) is 0 Å². The Kier molecular flexibility index (Phi) is 9.58. The molecule has 0 aliphatic heterocycles. The number of carbonyl (C=O) groups excluding carboxylic acids is 3. The number of hydrogen-bond acceptors (Lipinski definition) is 7. The summed E-state index contributed by atoms with van der Waals surface area (Å²) in [4.78, 5) is 55.5. The molecule has 0 aliphatic rings. The Morgan fingerprint density at radius 1 is 1.17 bits per heavy atom. The van der Waals surface area contributed by atoms with E-state index in [1.54, 1.807) is 0 Å². The van der Waals surface area contributed by atoms with E-state index in [4.69, 9.17) is 15.9 Å². The monoisotopic (exact) mass is 349 g/mol. The lowest BCUT2D eigenvalue weighted by Gasteiger charge is -2.17. The van der Waals surface area contributed by atoms with Crippen molar-refractivity contribution in [3.05, 3.63) is 0 Å². The Morgan fingerprint density at radius 2 is 1.78 bits per heavy atom. The third kappa shape index (κ3) is 10.3. The maximum absolute atomic E-state index is 11.8. The molecule has 2 amide bonds. The number of aliphatic carboxylic acids is 2. The Labute approximate surface area is 136 Å². The zero-order valence-corrected chi connectivity index (χ0v) is 13.2. The van der Waals surface area contributed by atoms with Gasteiger partial charge in [-0.1, -0.05) is 11.8 Å². The van der Waals surface area contributed by atoms with Crippen LogP contribution in [0.15, 0.2) is 0 Å². The average Bonchev–Trinajstić information content (AvgIpc) is 2.45.